The Morgan fingerprint density at radius 2 is 1.39 bits per heavy atom. The standard InChI is InChI=1S/C21H15NO/c23-21-11-4-3-10-20(21)22-14-18-9-5-8-17-12-15-6-1-2-7-16(15)13-19(17)18/h1-14,23H. The molecule has 0 unspecified atom stereocenters. The highest BCUT2D eigenvalue weighted by atomic mass is 16.3. The summed E-state index contributed by atoms with van der Waals surface area (Å²) in [6, 6.07) is 26.0. The summed E-state index contributed by atoms with van der Waals surface area (Å²) >= 11 is 0. The highest BCUT2D eigenvalue weighted by Gasteiger charge is 2.02. The molecule has 0 aliphatic heterocycles. The van der Waals surface area contributed by atoms with E-state index in [1.54, 1.807) is 18.2 Å². The molecule has 4 aromatic rings. The maximum Gasteiger partial charge on any atom is 0.141 e. The van der Waals surface area contributed by atoms with Crippen LogP contribution in [-0.2, 0) is 0 Å². The quantitative estimate of drug-likeness (QED) is 0.387. The maximum absolute atomic E-state index is 9.83. The topological polar surface area (TPSA) is 32.6 Å². The van der Waals surface area contributed by atoms with Crippen LogP contribution < -0.4 is 0 Å². The highest BCUT2D eigenvalue weighted by molar-refractivity contribution is 6.06. The molecule has 4 aromatic carbocycles. The average molecular weight is 297 g/mol. The number of hydrogen-bond donors (Lipinski definition) is 1. The van der Waals surface area contributed by atoms with Crippen LogP contribution in [-0.4, -0.2) is 11.3 Å². The molecule has 2 nitrogen and oxygen atoms in total. The van der Waals surface area contributed by atoms with Gasteiger partial charge in [0, 0.05) is 11.8 Å². The summed E-state index contributed by atoms with van der Waals surface area (Å²) in [5.74, 6) is 0.189. The molecule has 23 heavy (non-hydrogen) atoms. The van der Waals surface area contributed by atoms with Crippen LogP contribution >= 0.6 is 0 Å². The van der Waals surface area contributed by atoms with E-state index in [2.05, 4.69) is 41.4 Å². The maximum atomic E-state index is 9.83. The summed E-state index contributed by atoms with van der Waals surface area (Å²) in [4.78, 5) is 4.43. The number of aromatic hydroxyl groups is 1. The van der Waals surface area contributed by atoms with Crippen LogP contribution in [0.5, 0.6) is 5.75 Å². The molecule has 0 heterocycles. The van der Waals surface area contributed by atoms with Crippen LogP contribution in [0.25, 0.3) is 21.5 Å². The fraction of sp³-hybridized carbons (Fsp3) is 0. The van der Waals surface area contributed by atoms with Crippen molar-refractivity contribution < 1.29 is 5.11 Å². The van der Waals surface area contributed by atoms with Gasteiger partial charge in [0.1, 0.15) is 11.4 Å². The van der Waals surface area contributed by atoms with Gasteiger partial charge in [-0.15, -0.1) is 0 Å². The molecule has 0 aliphatic rings. The average Bonchev–Trinajstić information content (AvgIpc) is 2.59. The minimum absolute atomic E-state index is 0.189. The van der Waals surface area contributed by atoms with Crippen molar-refractivity contribution in [3.8, 4) is 5.75 Å². The van der Waals surface area contributed by atoms with Crippen LogP contribution in [0.2, 0.25) is 0 Å². The molecular formula is C21H15NO. The van der Waals surface area contributed by atoms with Crippen molar-refractivity contribution in [3.05, 3.63) is 84.4 Å². The monoisotopic (exact) mass is 297 g/mol. The van der Waals surface area contributed by atoms with Gasteiger partial charge in [-0.2, -0.15) is 0 Å². The van der Waals surface area contributed by atoms with Crippen LogP contribution in [0.1, 0.15) is 5.56 Å². The lowest BCUT2D eigenvalue weighted by Gasteiger charge is -2.05. The lowest BCUT2D eigenvalue weighted by molar-refractivity contribution is 0.477. The smallest absolute Gasteiger partial charge is 0.141 e. The van der Waals surface area contributed by atoms with Crippen molar-refractivity contribution in [1.82, 2.24) is 0 Å². The summed E-state index contributed by atoms with van der Waals surface area (Å²) in [7, 11) is 0. The SMILES string of the molecule is Oc1ccccc1N=Cc1cccc2cc3ccccc3cc12. The van der Waals surface area contributed by atoms with Gasteiger partial charge in [-0.3, -0.25) is 4.99 Å². The van der Waals surface area contributed by atoms with Gasteiger partial charge >= 0.3 is 0 Å². The first-order valence-corrected chi connectivity index (χ1v) is 7.55. The lowest BCUT2D eigenvalue weighted by Crippen LogP contribution is -1.85. The van der Waals surface area contributed by atoms with Crippen LogP contribution in [0, 0.1) is 0 Å². The Kier molecular flexibility index (Phi) is 3.28. The Labute approximate surface area is 134 Å². The van der Waals surface area contributed by atoms with E-state index in [4.69, 9.17) is 0 Å². The molecule has 0 aromatic heterocycles. The van der Waals surface area contributed by atoms with E-state index in [9.17, 15) is 5.11 Å². The molecule has 2 heteroatoms. The number of fused-ring (bicyclic) bond motifs is 2. The number of rotatable bonds is 2. The molecule has 0 spiro atoms. The molecule has 0 radical (unpaired) electrons. The Morgan fingerprint density at radius 1 is 0.696 bits per heavy atom. The summed E-state index contributed by atoms with van der Waals surface area (Å²) < 4.78 is 0. The van der Waals surface area contributed by atoms with Crippen molar-refractivity contribution in [2.75, 3.05) is 0 Å². The number of phenolic OH excluding ortho intramolecular Hbond substituents is 1. The fourth-order valence-electron chi connectivity index (χ4n) is 2.82. The molecule has 0 amide bonds. The molecule has 0 aliphatic carbocycles. The first-order valence-electron chi connectivity index (χ1n) is 7.55. The van der Waals surface area contributed by atoms with Crippen molar-refractivity contribution >= 4 is 33.4 Å². The lowest BCUT2D eigenvalue weighted by atomic mass is 10.0. The predicted octanol–water partition coefficient (Wildman–Crippen LogP) is 5.45. The second-order valence-corrected chi connectivity index (χ2v) is 5.51. The minimum Gasteiger partial charge on any atom is -0.506 e. The van der Waals surface area contributed by atoms with Gasteiger partial charge in [-0.1, -0.05) is 54.6 Å². The molecule has 4 rings (SSSR count). The van der Waals surface area contributed by atoms with E-state index >= 15 is 0 Å². The third-order valence-corrected chi connectivity index (χ3v) is 4.00. The number of aliphatic imine (C=N–C) groups is 1. The molecule has 0 atom stereocenters. The van der Waals surface area contributed by atoms with Gasteiger partial charge in [0.15, 0.2) is 0 Å². The van der Waals surface area contributed by atoms with Crippen LogP contribution in [0.4, 0.5) is 5.69 Å². The number of para-hydroxylation sites is 2. The van der Waals surface area contributed by atoms with Gasteiger partial charge in [0.2, 0.25) is 0 Å². The van der Waals surface area contributed by atoms with E-state index in [1.807, 2.05) is 30.5 Å². The third-order valence-electron chi connectivity index (χ3n) is 4.00. The largest absolute Gasteiger partial charge is 0.506 e. The number of benzene rings is 4. The summed E-state index contributed by atoms with van der Waals surface area (Å²) in [5.41, 5.74) is 1.61. The number of phenols is 1. The Balaban J connectivity index is 1.86. The van der Waals surface area contributed by atoms with Gasteiger partial charge in [0.05, 0.1) is 0 Å². The first-order chi connectivity index (χ1) is 11.3. The second kappa shape index (κ2) is 5.58. The third kappa shape index (κ3) is 2.55. The molecule has 0 saturated heterocycles. The van der Waals surface area contributed by atoms with Crippen LogP contribution in [0.3, 0.4) is 0 Å². The Morgan fingerprint density at radius 3 is 2.22 bits per heavy atom. The zero-order valence-electron chi connectivity index (χ0n) is 12.5. The van der Waals surface area contributed by atoms with Crippen molar-refractivity contribution in [2.24, 2.45) is 4.99 Å². The van der Waals surface area contributed by atoms with Crippen molar-refractivity contribution in [2.45, 2.75) is 0 Å². The van der Waals surface area contributed by atoms with Crippen LogP contribution in [0.15, 0.2) is 83.9 Å². The van der Waals surface area contributed by atoms with E-state index in [-0.39, 0.29) is 5.75 Å². The number of hydrogen-bond acceptors (Lipinski definition) is 2. The zero-order chi connectivity index (χ0) is 15.6. The Hall–Kier alpha value is -3.13. The van der Waals surface area contributed by atoms with Gasteiger partial charge in [-0.25, -0.2) is 0 Å². The predicted molar refractivity (Wildman–Crippen MR) is 96.8 cm³/mol. The summed E-state index contributed by atoms with van der Waals surface area (Å²) in [6.07, 6.45) is 1.81. The molecule has 0 saturated carbocycles. The molecule has 110 valence electrons. The second-order valence-electron chi connectivity index (χ2n) is 5.51. The van der Waals surface area contributed by atoms with Gasteiger partial charge in [-0.05, 0) is 45.8 Å². The van der Waals surface area contributed by atoms with E-state index in [0.29, 0.717) is 5.69 Å². The summed E-state index contributed by atoms with van der Waals surface area (Å²) in [6.45, 7) is 0. The highest BCUT2D eigenvalue weighted by Crippen LogP contribution is 2.27. The molecule has 0 fully saturated rings. The van der Waals surface area contributed by atoms with Gasteiger partial charge in [0.25, 0.3) is 0 Å². The van der Waals surface area contributed by atoms with E-state index < -0.39 is 0 Å². The molecule has 1 N–H and O–H groups in total. The van der Waals surface area contributed by atoms with Crippen molar-refractivity contribution in [1.29, 1.82) is 0 Å². The Bertz CT molecular complexity index is 1030. The normalized spacial score (nSPS) is 11.5. The first kappa shape index (κ1) is 13.5. The molecule has 0 bridgehead atoms. The summed E-state index contributed by atoms with van der Waals surface area (Å²) in [5, 5.41) is 14.6. The van der Waals surface area contributed by atoms with Crippen molar-refractivity contribution in [3.63, 3.8) is 0 Å². The zero-order valence-corrected chi connectivity index (χ0v) is 12.5. The number of nitrogens with zero attached hydrogens (tertiary/aromatic N) is 1. The minimum atomic E-state index is 0.189. The van der Waals surface area contributed by atoms with E-state index in [1.165, 1.54) is 16.2 Å². The van der Waals surface area contributed by atoms with E-state index in [0.717, 1.165) is 10.9 Å². The van der Waals surface area contributed by atoms with Gasteiger partial charge < -0.3 is 5.11 Å². The molecular weight excluding hydrogens is 282 g/mol. The fourth-order valence-corrected chi connectivity index (χ4v) is 2.82.